The van der Waals surface area contributed by atoms with Crippen LogP contribution in [0.3, 0.4) is 0 Å². The first-order valence-corrected chi connectivity index (χ1v) is 4.35. The Labute approximate surface area is 95.2 Å². The molecule has 0 saturated heterocycles. The van der Waals surface area contributed by atoms with Crippen molar-refractivity contribution in [2.75, 3.05) is 0 Å². The maximum atomic E-state index is 12.8. The predicted molar refractivity (Wildman–Crippen MR) is 54.3 cm³/mol. The van der Waals surface area contributed by atoms with Gasteiger partial charge in [0.05, 0.1) is 18.0 Å². The largest absolute Gasteiger partial charge is 0.296 e. The molecule has 0 aromatic carbocycles. The molecule has 0 aliphatic rings. The fourth-order valence-electron chi connectivity index (χ4n) is 1.29. The van der Waals surface area contributed by atoms with E-state index in [4.69, 9.17) is 4.11 Å². The lowest BCUT2D eigenvalue weighted by Gasteiger charge is -1.99. The minimum Gasteiger partial charge on any atom is -0.296 e. The highest BCUT2D eigenvalue weighted by Crippen LogP contribution is 2.21. The summed E-state index contributed by atoms with van der Waals surface area (Å²) in [5, 5.41) is 3.81. The van der Waals surface area contributed by atoms with Crippen LogP contribution in [0.2, 0.25) is 0 Å². The third kappa shape index (κ3) is 1.58. The highest BCUT2D eigenvalue weighted by molar-refractivity contribution is 5.84. The van der Waals surface area contributed by atoms with Gasteiger partial charge in [0, 0.05) is 16.9 Å². The lowest BCUT2D eigenvalue weighted by Crippen LogP contribution is -1.94. The van der Waals surface area contributed by atoms with Crippen LogP contribution in [-0.2, 0) is 7.05 Å². The van der Waals surface area contributed by atoms with Crippen LogP contribution < -0.4 is 0 Å². The van der Waals surface area contributed by atoms with E-state index >= 15 is 0 Å². The number of hydrogen-bond acceptors (Lipinski definition) is 4. The molecule has 2 aromatic heterocycles. The molecule has 0 bridgehead atoms. The Hall–Kier alpha value is -2.11. The summed E-state index contributed by atoms with van der Waals surface area (Å²) in [6.45, 7) is -2.49. The van der Waals surface area contributed by atoms with Crippen LogP contribution in [0.25, 0.3) is 11.4 Å². The second kappa shape index (κ2) is 3.80. The molecule has 82 valence electrons. The van der Waals surface area contributed by atoms with Crippen molar-refractivity contribution in [3.63, 3.8) is 0 Å². The molecule has 0 amide bonds. The topological polar surface area (TPSA) is 60.7 Å². The van der Waals surface area contributed by atoms with E-state index in [1.807, 2.05) is 0 Å². The van der Waals surface area contributed by atoms with Crippen molar-refractivity contribution in [3.05, 3.63) is 29.6 Å². The minimum atomic E-state index is -2.49. The first-order chi connectivity index (χ1) is 8.84. The highest BCUT2D eigenvalue weighted by atomic mass is 19.1. The van der Waals surface area contributed by atoms with E-state index in [1.165, 1.54) is 7.05 Å². The molecule has 0 radical (unpaired) electrons. The third-order valence-electron chi connectivity index (χ3n) is 2.03. The first kappa shape index (κ1) is 7.21. The van der Waals surface area contributed by atoms with Gasteiger partial charge < -0.3 is 0 Å². The molecule has 2 aromatic rings. The van der Waals surface area contributed by atoms with Gasteiger partial charge >= 0.3 is 0 Å². The number of carbonyl (C=O) groups is 1. The van der Waals surface area contributed by atoms with Crippen molar-refractivity contribution in [1.82, 2.24) is 19.7 Å². The second-order valence-electron chi connectivity index (χ2n) is 3.08. The van der Waals surface area contributed by atoms with Crippen LogP contribution in [0.15, 0.2) is 12.4 Å². The zero-order chi connectivity index (χ0) is 14.2. The molecule has 2 heterocycles. The van der Waals surface area contributed by atoms with Crippen LogP contribution >= 0.6 is 0 Å². The van der Waals surface area contributed by atoms with Crippen molar-refractivity contribution < 1.29 is 13.3 Å². The fourth-order valence-corrected chi connectivity index (χ4v) is 1.29. The number of aldehydes is 1. The maximum absolute atomic E-state index is 12.8. The highest BCUT2D eigenvalue weighted by Gasteiger charge is 2.16. The zero-order valence-electron chi connectivity index (χ0n) is 11.3. The van der Waals surface area contributed by atoms with Crippen molar-refractivity contribution in [1.29, 1.82) is 0 Å². The van der Waals surface area contributed by atoms with Crippen molar-refractivity contribution >= 4 is 6.29 Å². The molecule has 0 aliphatic carbocycles. The third-order valence-corrected chi connectivity index (χ3v) is 2.03. The van der Waals surface area contributed by atoms with Gasteiger partial charge in [0.25, 0.3) is 0 Å². The normalized spacial score (nSPS) is 14.0. The molecule has 0 N–H and O–H groups in total. The van der Waals surface area contributed by atoms with E-state index in [1.54, 1.807) is 0 Å². The van der Waals surface area contributed by atoms with Gasteiger partial charge in [-0.2, -0.15) is 5.10 Å². The van der Waals surface area contributed by atoms with Gasteiger partial charge in [-0.3, -0.25) is 9.48 Å². The molecule has 0 unspecified atom stereocenters. The second-order valence-corrected chi connectivity index (χ2v) is 3.08. The van der Waals surface area contributed by atoms with E-state index in [9.17, 15) is 9.18 Å². The van der Waals surface area contributed by atoms with Gasteiger partial charge in [0.15, 0.2) is 17.9 Å². The van der Waals surface area contributed by atoms with Gasteiger partial charge in [-0.15, -0.1) is 0 Å². The molecule has 0 aliphatic heterocycles. The Bertz CT molecular complexity index is 621. The smallest absolute Gasteiger partial charge is 0.171 e. The summed E-state index contributed by atoms with van der Waals surface area (Å²) >= 11 is 0. The molecule has 0 atom stereocenters. The molecule has 0 spiro atoms. The van der Waals surface area contributed by atoms with Gasteiger partial charge in [-0.25, -0.2) is 14.4 Å². The fraction of sp³-hybridized carbons (Fsp3) is 0.200. The van der Waals surface area contributed by atoms with Crippen LogP contribution in [-0.4, -0.2) is 26.0 Å². The summed E-state index contributed by atoms with van der Waals surface area (Å²) in [6.07, 6.45) is 2.21. The van der Waals surface area contributed by atoms with Gasteiger partial charge in [-0.1, -0.05) is 0 Å². The van der Waals surface area contributed by atoms with E-state index in [0.717, 1.165) is 17.1 Å². The first-order valence-electron chi connectivity index (χ1n) is 5.85. The maximum Gasteiger partial charge on any atom is 0.171 e. The number of nitrogens with zero attached hydrogens (tertiary/aromatic N) is 4. The average Bonchev–Trinajstić information content (AvgIpc) is 2.66. The Morgan fingerprint density at radius 3 is 2.75 bits per heavy atom. The quantitative estimate of drug-likeness (QED) is 0.716. The van der Waals surface area contributed by atoms with E-state index in [0.29, 0.717) is 6.29 Å². The van der Waals surface area contributed by atoms with E-state index in [-0.39, 0.29) is 22.8 Å². The summed E-state index contributed by atoms with van der Waals surface area (Å²) in [5.74, 6) is -0.710. The lowest BCUT2D eigenvalue weighted by atomic mass is 10.2. The molecule has 0 saturated carbocycles. The zero-order valence-corrected chi connectivity index (χ0v) is 8.31. The Kier molecular flexibility index (Phi) is 1.71. The summed E-state index contributed by atoms with van der Waals surface area (Å²) in [5.41, 5.74) is -0.265. The molecule has 0 fully saturated rings. The van der Waals surface area contributed by atoms with Crippen LogP contribution in [0.4, 0.5) is 4.39 Å². The predicted octanol–water partition coefficient (Wildman–Crippen LogP) is 1.14. The number of halogens is 1. The standard InChI is InChI=1S/C10H9FN4O/c1-6-9(8(5-16)14-15(6)2)10-12-3-7(11)4-13-10/h3-5H,1-2H3/i1D3. The number of aryl methyl sites for hydroxylation is 1. The van der Waals surface area contributed by atoms with Crippen LogP contribution in [0, 0.1) is 12.7 Å². The molecule has 5 nitrogen and oxygen atoms in total. The monoisotopic (exact) mass is 223 g/mol. The summed E-state index contributed by atoms with van der Waals surface area (Å²) in [7, 11) is 1.40. The lowest BCUT2D eigenvalue weighted by molar-refractivity contribution is 0.111. The van der Waals surface area contributed by atoms with Crippen molar-refractivity contribution in [3.8, 4) is 11.4 Å². The number of carbonyl (C=O) groups excluding carboxylic acids is 1. The van der Waals surface area contributed by atoms with Crippen LogP contribution in [0.5, 0.6) is 0 Å². The SMILES string of the molecule is [2H]C([2H])([2H])c1c(-c2ncc(F)cn2)c(C=O)nn1C. The summed E-state index contributed by atoms with van der Waals surface area (Å²) in [4.78, 5) is 18.4. The number of hydrogen-bond donors (Lipinski definition) is 0. The summed E-state index contributed by atoms with van der Waals surface area (Å²) in [6, 6.07) is 0. The van der Waals surface area contributed by atoms with Crippen molar-refractivity contribution in [2.24, 2.45) is 7.05 Å². The molecular formula is C10H9FN4O. The molecule has 6 heteroatoms. The molecule has 2 rings (SSSR count). The molecular weight excluding hydrogens is 211 g/mol. The number of aromatic nitrogens is 4. The Morgan fingerprint density at radius 2 is 2.19 bits per heavy atom. The average molecular weight is 223 g/mol. The Balaban J connectivity index is 2.73. The van der Waals surface area contributed by atoms with Gasteiger partial charge in [-0.05, 0) is 6.85 Å². The van der Waals surface area contributed by atoms with Crippen molar-refractivity contribution in [2.45, 2.75) is 6.85 Å². The van der Waals surface area contributed by atoms with Gasteiger partial charge in [0.1, 0.15) is 5.69 Å². The molecule has 16 heavy (non-hydrogen) atoms. The number of rotatable bonds is 2. The minimum absolute atomic E-state index is 0.00231. The van der Waals surface area contributed by atoms with Crippen LogP contribution in [0.1, 0.15) is 20.3 Å². The van der Waals surface area contributed by atoms with E-state index in [2.05, 4.69) is 15.1 Å². The Morgan fingerprint density at radius 1 is 1.50 bits per heavy atom. The van der Waals surface area contributed by atoms with Gasteiger partial charge in [0.2, 0.25) is 0 Å². The van der Waals surface area contributed by atoms with E-state index < -0.39 is 12.7 Å². The summed E-state index contributed by atoms with van der Waals surface area (Å²) < 4.78 is 36.3.